The lowest BCUT2D eigenvalue weighted by Gasteiger charge is -2.36. The van der Waals surface area contributed by atoms with E-state index in [1.54, 1.807) is 14.1 Å². The zero-order valence-electron chi connectivity index (χ0n) is 16.4. The Morgan fingerprint density at radius 2 is 1.93 bits per heavy atom. The number of aromatic nitrogens is 1. The van der Waals surface area contributed by atoms with Crippen molar-refractivity contribution in [1.82, 2.24) is 20.5 Å². The Bertz CT molecular complexity index is 800. The summed E-state index contributed by atoms with van der Waals surface area (Å²) in [5.41, 5.74) is 5.91. The van der Waals surface area contributed by atoms with Gasteiger partial charge in [0.25, 0.3) is 5.91 Å². The molecule has 1 aromatic heterocycles. The molecule has 0 radical (unpaired) electrons. The van der Waals surface area contributed by atoms with Crippen molar-refractivity contribution in [3.8, 4) is 0 Å². The molecule has 1 aromatic rings. The average molecular weight is 423 g/mol. The molecule has 3 atom stereocenters. The number of thiazole rings is 1. The van der Waals surface area contributed by atoms with Gasteiger partial charge in [0.15, 0.2) is 5.01 Å². The topological polar surface area (TPSA) is 144 Å². The van der Waals surface area contributed by atoms with Gasteiger partial charge in [-0.3, -0.25) is 19.2 Å². The fraction of sp³-hybridized carbons (Fsp3) is 0.611. The number of nitrogens with two attached hydrogens (primary N) is 1. The van der Waals surface area contributed by atoms with Crippen LogP contribution in [0.4, 0.5) is 0 Å². The maximum atomic E-state index is 12.8. The quantitative estimate of drug-likeness (QED) is 0.540. The van der Waals surface area contributed by atoms with E-state index >= 15 is 0 Å². The zero-order chi connectivity index (χ0) is 21.1. The van der Waals surface area contributed by atoms with Crippen LogP contribution in [0.1, 0.15) is 39.6 Å². The van der Waals surface area contributed by atoms with E-state index in [0.717, 1.165) is 10.6 Å². The Balaban J connectivity index is 1.74. The van der Waals surface area contributed by atoms with Gasteiger partial charge in [-0.05, 0) is 19.3 Å². The van der Waals surface area contributed by atoms with Crippen LogP contribution in [0.5, 0.6) is 0 Å². The minimum Gasteiger partial charge on any atom is -0.375 e. The molecular weight excluding hydrogens is 398 g/mol. The molecule has 1 fully saturated rings. The number of hydrogen-bond donors (Lipinski definition) is 3. The van der Waals surface area contributed by atoms with Crippen molar-refractivity contribution >= 4 is 35.0 Å². The Kier molecular flexibility index (Phi) is 6.48. The molecule has 0 bridgehead atoms. The van der Waals surface area contributed by atoms with Crippen LogP contribution in [-0.2, 0) is 32.1 Å². The van der Waals surface area contributed by atoms with E-state index in [4.69, 9.17) is 10.5 Å². The highest BCUT2D eigenvalue weighted by molar-refractivity contribution is 7.13. The van der Waals surface area contributed by atoms with Crippen molar-refractivity contribution in [2.75, 3.05) is 20.7 Å². The minimum atomic E-state index is -1.09. The fourth-order valence-corrected chi connectivity index (χ4v) is 4.63. The molecule has 4 N–H and O–H groups in total. The van der Waals surface area contributed by atoms with Gasteiger partial charge >= 0.3 is 11.8 Å². The van der Waals surface area contributed by atoms with Crippen LogP contribution in [0.3, 0.4) is 0 Å². The van der Waals surface area contributed by atoms with Crippen LogP contribution < -0.4 is 16.4 Å². The van der Waals surface area contributed by atoms with Crippen LogP contribution in [0.25, 0.3) is 0 Å². The van der Waals surface area contributed by atoms with E-state index in [0.29, 0.717) is 43.9 Å². The first-order valence-corrected chi connectivity index (χ1v) is 10.3. The first-order chi connectivity index (χ1) is 13.8. The molecule has 158 valence electrons. The summed E-state index contributed by atoms with van der Waals surface area (Å²) in [5.74, 6) is -2.69. The molecule has 1 aliphatic heterocycles. The lowest BCUT2D eigenvalue weighted by molar-refractivity contribution is -0.138. The van der Waals surface area contributed by atoms with Crippen molar-refractivity contribution in [3.05, 3.63) is 15.6 Å². The first-order valence-electron chi connectivity index (χ1n) is 9.45. The third-order valence-corrected chi connectivity index (χ3v) is 6.26. The molecule has 1 saturated carbocycles. The van der Waals surface area contributed by atoms with E-state index in [-0.39, 0.29) is 17.7 Å². The number of nitrogens with one attached hydrogen (secondary N) is 2. The smallest absolute Gasteiger partial charge is 0.309 e. The number of nitrogens with zero attached hydrogens (tertiary/aromatic N) is 2. The number of carbonyl (C=O) groups is 4. The summed E-state index contributed by atoms with van der Waals surface area (Å²) in [6.45, 7) is 1.02. The molecule has 11 heteroatoms. The second kappa shape index (κ2) is 8.87. The summed E-state index contributed by atoms with van der Waals surface area (Å²) in [7, 11) is 3.36. The summed E-state index contributed by atoms with van der Waals surface area (Å²) in [6, 6.07) is -1.02. The van der Waals surface area contributed by atoms with Crippen LogP contribution >= 0.6 is 11.3 Å². The molecule has 0 spiro atoms. The highest BCUT2D eigenvalue weighted by Crippen LogP contribution is 2.28. The third kappa shape index (κ3) is 4.91. The molecular formula is C18H25N5O5S. The number of ether oxygens (including phenoxy) is 1. The van der Waals surface area contributed by atoms with E-state index in [2.05, 4.69) is 15.6 Å². The van der Waals surface area contributed by atoms with Gasteiger partial charge in [-0.1, -0.05) is 0 Å². The Morgan fingerprint density at radius 1 is 1.17 bits per heavy atom. The van der Waals surface area contributed by atoms with Gasteiger partial charge in [-0.15, -0.1) is 11.3 Å². The normalized spacial score (nSPS) is 23.6. The Labute approximate surface area is 172 Å². The molecule has 2 aliphatic rings. The number of primary amides is 1. The van der Waals surface area contributed by atoms with Crippen molar-refractivity contribution in [2.45, 2.75) is 44.4 Å². The number of amides is 4. The first kappa shape index (κ1) is 21.2. The molecule has 1 aliphatic carbocycles. The SMILES string of the molecule is CN(C)C(=O)[C@H]1CC[C@H](NC(=O)C(N)=O)[C@H](NC(=O)c2nc3c(s2)COCC3)C1. The van der Waals surface area contributed by atoms with Crippen molar-refractivity contribution < 1.29 is 23.9 Å². The summed E-state index contributed by atoms with van der Waals surface area (Å²) in [5, 5.41) is 5.79. The minimum absolute atomic E-state index is 0.0363. The van der Waals surface area contributed by atoms with E-state index in [9.17, 15) is 19.2 Å². The Morgan fingerprint density at radius 3 is 2.59 bits per heavy atom. The average Bonchev–Trinajstić information content (AvgIpc) is 3.12. The van der Waals surface area contributed by atoms with Gasteiger partial charge in [0.2, 0.25) is 5.91 Å². The van der Waals surface area contributed by atoms with Gasteiger partial charge in [0.1, 0.15) is 0 Å². The predicted octanol–water partition coefficient (Wildman–Crippen LogP) is -0.827. The van der Waals surface area contributed by atoms with Crippen molar-refractivity contribution in [3.63, 3.8) is 0 Å². The van der Waals surface area contributed by atoms with Gasteiger partial charge in [0, 0.05) is 32.5 Å². The summed E-state index contributed by atoms with van der Waals surface area (Å²) >= 11 is 1.28. The maximum absolute atomic E-state index is 12.8. The lowest BCUT2D eigenvalue weighted by atomic mass is 9.81. The second-order valence-electron chi connectivity index (χ2n) is 7.46. The van der Waals surface area contributed by atoms with Gasteiger partial charge in [0.05, 0.1) is 29.8 Å². The molecule has 0 saturated heterocycles. The van der Waals surface area contributed by atoms with Crippen LogP contribution in [-0.4, -0.2) is 66.3 Å². The summed E-state index contributed by atoms with van der Waals surface area (Å²) < 4.78 is 5.39. The molecule has 10 nitrogen and oxygen atoms in total. The maximum Gasteiger partial charge on any atom is 0.309 e. The highest BCUT2D eigenvalue weighted by atomic mass is 32.1. The monoisotopic (exact) mass is 423 g/mol. The van der Waals surface area contributed by atoms with Crippen molar-refractivity contribution in [2.24, 2.45) is 11.7 Å². The predicted molar refractivity (Wildman–Crippen MR) is 104 cm³/mol. The van der Waals surface area contributed by atoms with Crippen LogP contribution in [0.2, 0.25) is 0 Å². The molecule has 3 rings (SSSR count). The zero-order valence-corrected chi connectivity index (χ0v) is 17.2. The largest absolute Gasteiger partial charge is 0.375 e. The Hall–Kier alpha value is -2.53. The molecule has 0 aromatic carbocycles. The molecule has 29 heavy (non-hydrogen) atoms. The number of hydrogen-bond acceptors (Lipinski definition) is 7. The third-order valence-electron chi connectivity index (χ3n) is 5.19. The summed E-state index contributed by atoms with van der Waals surface area (Å²) in [6.07, 6.45) is 1.99. The number of rotatable bonds is 4. The molecule has 4 amide bonds. The highest BCUT2D eigenvalue weighted by Gasteiger charge is 2.37. The number of fused-ring (bicyclic) bond motifs is 1. The fourth-order valence-electron chi connectivity index (χ4n) is 3.68. The van der Waals surface area contributed by atoms with Crippen LogP contribution in [0, 0.1) is 5.92 Å². The number of carbonyl (C=O) groups excluding carboxylic acids is 4. The lowest BCUT2D eigenvalue weighted by Crippen LogP contribution is -2.57. The van der Waals surface area contributed by atoms with Gasteiger partial charge < -0.3 is 26.0 Å². The van der Waals surface area contributed by atoms with E-state index in [1.165, 1.54) is 16.2 Å². The van der Waals surface area contributed by atoms with Crippen molar-refractivity contribution in [1.29, 1.82) is 0 Å². The molecule has 0 unspecified atom stereocenters. The van der Waals surface area contributed by atoms with E-state index < -0.39 is 23.9 Å². The molecule has 2 heterocycles. The standard InChI is InChI=1S/C18H25N5O5S/c1-23(2)18(27)9-3-4-10(20-15(25)14(19)24)12(7-9)21-16(26)17-22-11-5-6-28-8-13(11)29-17/h9-10,12H,3-8H2,1-2H3,(H2,19,24)(H,20,25)(H,21,26)/t9-,10-,12+/m0/s1. The van der Waals surface area contributed by atoms with Crippen LogP contribution in [0.15, 0.2) is 0 Å². The van der Waals surface area contributed by atoms with Gasteiger partial charge in [-0.2, -0.15) is 0 Å². The summed E-state index contributed by atoms with van der Waals surface area (Å²) in [4.78, 5) is 55.0. The van der Waals surface area contributed by atoms with Gasteiger partial charge in [-0.25, -0.2) is 4.98 Å². The second-order valence-corrected chi connectivity index (χ2v) is 8.54. The van der Waals surface area contributed by atoms with E-state index in [1.807, 2.05) is 0 Å².